The molecule has 1 aliphatic rings. The van der Waals surface area contributed by atoms with Crippen LogP contribution in [0.15, 0.2) is 23.1 Å². The van der Waals surface area contributed by atoms with Crippen LogP contribution in [0, 0.1) is 0 Å². The summed E-state index contributed by atoms with van der Waals surface area (Å²) in [4.78, 5) is 1.27. The Morgan fingerprint density at radius 1 is 1.40 bits per heavy atom. The number of benzene rings is 1. The molecular weight excluding hydrogens is 290 g/mol. The lowest BCUT2D eigenvalue weighted by molar-refractivity contribution is 0.127. The molecule has 1 heterocycles. The summed E-state index contributed by atoms with van der Waals surface area (Å²) >= 11 is 8.06. The Morgan fingerprint density at radius 2 is 2.15 bits per heavy atom. The molecule has 112 valence electrons. The van der Waals surface area contributed by atoms with Crippen LogP contribution >= 0.6 is 23.4 Å². The third-order valence-corrected chi connectivity index (χ3v) is 5.21. The fourth-order valence-electron chi connectivity index (χ4n) is 2.17. The number of halogens is 1. The molecule has 1 saturated heterocycles. The van der Waals surface area contributed by atoms with Gasteiger partial charge in [-0.1, -0.05) is 17.7 Å². The summed E-state index contributed by atoms with van der Waals surface area (Å²) in [7, 11) is 0. The Morgan fingerprint density at radius 3 is 2.75 bits per heavy atom. The second kappa shape index (κ2) is 6.69. The standard InChI is InChI=1S/C16H24ClNOS/c1-11-14(7-8-19-11)20-15-9-13(17)6-5-12(15)10-18-16(2,3)4/h5-6,9,11,14,18H,7-8,10H2,1-4H3. The van der Waals surface area contributed by atoms with Crippen molar-refractivity contribution in [2.24, 2.45) is 0 Å². The van der Waals surface area contributed by atoms with Gasteiger partial charge in [0.2, 0.25) is 0 Å². The summed E-state index contributed by atoms with van der Waals surface area (Å²) in [5.74, 6) is 0. The van der Waals surface area contributed by atoms with Crippen molar-refractivity contribution in [3.05, 3.63) is 28.8 Å². The van der Waals surface area contributed by atoms with Crippen molar-refractivity contribution in [2.45, 2.75) is 62.4 Å². The fraction of sp³-hybridized carbons (Fsp3) is 0.625. The second-order valence-corrected chi connectivity index (χ2v) is 8.09. The number of nitrogens with one attached hydrogen (secondary N) is 1. The quantitative estimate of drug-likeness (QED) is 0.884. The molecule has 2 unspecified atom stereocenters. The molecule has 4 heteroatoms. The first-order chi connectivity index (χ1) is 9.35. The zero-order chi connectivity index (χ0) is 14.8. The first-order valence-corrected chi connectivity index (χ1v) is 8.42. The van der Waals surface area contributed by atoms with Gasteiger partial charge in [0.05, 0.1) is 6.10 Å². The van der Waals surface area contributed by atoms with Crippen molar-refractivity contribution >= 4 is 23.4 Å². The van der Waals surface area contributed by atoms with Crippen LogP contribution in [-0.2, 0) is 11.3 Å². The van der Waals surface area contributed by atoms with Gasteiger partial charge in [0.15, 0.2) is 0 Å². The molecule has 0 aliphatic carbocycles. The maximum atomic E-state index is 6.16. The van der Waals surface area contributed by atoms with E-state index in [0.29, 0.717) is 11.4 Å². The van der Waals surface area contributed by atoms with Crippen LogP contribution in [0.4, 0.5) is 0 Å². The van der Waals surface area contributed by atoms with Gasteiger partial charge in [0.25, 0.3) is 0 Å². The maximum absolute atomic E-state index is 6.16. The molecule has 2 rings (SSSR count). The lowest BCUT2D eigenvalue weighted by atomic mass is 10.1. The summed E-state index contributed by atoms with van der Waals surface area (Å²) in [5, 5.41) is 4.88. The molecule has 1 aliphatic heterocycles. The van der Waals surface area contributed by atoms with Gasteiger partial charge in [-0.15, -0.1) is 11.8 Å². The van der Waals surface area contributed by atoms with Crippen LogP contribution in [0.2, 0.25) is 5.02 Å². The van der Waals surface area contributed by atoms with Crippen molar-refractivity contribution in [2.75, 3.05) is 6.61 Å². The number of rotatable bonds is 4. The Hall–Kier alpha value is -0.220. The molecule has 1 N–H and O–H groups in total. The number of hydrogen-bond acceptors (Lipinski definition) is 3. The minimum atomic E-state index is 0.116. The van der Waals surface area contributed by atoms with Crippen LogP contribution in [0.25, 0.3) is 0 Å². The van der Waals surface area contributed by atoms with E-state index >= 15 is 0 Å². The Labute approximate surface area is 131 Å². The van der Waals surface area contributed by atoms with E-state index in [4.69, 9.17) is 16.3 Å². The van der Waals surface area contributed by atoms with E-state index in [-0.39, 0.29) is 5.54 Å². The number of ether oxygens (including phenoxy) is 1. The topological polar surface area (TPSA) is 21.3 Å². The van der Waals surface area contributed by atoms with Crippen molar-refractivity contribution in [1.29, 1.82) is 0 Å². The lowest BCUT2D eigenvalue weighted by Crippen LogP contribution is -2.35. The van der Waals surface area contributed by atoms with Crippen molar-refractivity contribution in [3.8, 4) is 0 Å². The summed E-state index contributed by atoms with van der Waals surface area (Å²) in [6.45, 7) is 10.4. The first kappa shape index (κ1) is 16.2. The molecule has 0 aromatic heterocycles. The van der Waals surface area contributed by atoms with Crippen LogP contribution in [0.5, 0.6) is 0 Å². The highest BCUT2D eigenvalue weighted by Gasteiger charge is 2.26. The second-order valence-electron chi connectivity index (χ2n) is 6.38. The zero-order valence-electron chi connectivity index (χ0n) is 12.7. The van der Waals surface area contributed by atoms with Gasteiger partial charge in [-0.2, -0.15) is 0 Å². The van der Waals surface area contributed by atoms with Gasteiger partial charge in [-0.05, 0) is 51.8 Å². The van der Waals surface area contributed by atoms with E-state index < -0.39 is 0 Å². The molecule has 1 fully saturated rings. The normalized spacial score (nSPS) is 23.2. The van der Waals surface area contributed by atoms with E-state index in [2.05, 4.69) is 45.1 Å². The van der Waals surface area contributed by atoms with Crippen LogP contribution in [-0.4, -0.2) is 23.5 Å². The Kier molecular flexibility index (Phi) is 5.41. The first-order valence-electron chi connectivity index (χ1n) is 7.17. The molecule has 1 aromatic rings. The third-order valence-electron chi connectivity index (χ3n) is 3.42. The maximum Gasteiger partial charge on any atom is 0.0669 e. The summed E-state index contributed by atoms with van der Waals surface area (Å²) < 4.78 is 5.65. The predicted octanol–water partition coefficient (Wildman–Crippen LogP) is 4.50. The van der Waals surface area contributed by atoms with E-state index in [9.17, 15) is 0 Å². The SMILES string of the molecule is CC1OCCC1Sc1cc(Cl)ccc1CNC(C)(C)C. The molecule has 1 aromatic carbocycles. The van der Waals surface area contributed by atoms with Crippen LogP contribution in [0.3, 0.4) is 0 Å². The third kappa shape index (κ3) is 4.66. The van der Waals surface area contributed by atoms with Crippen molar-refractivity contribution < 1.29 is 4.74 Å². The fourth-order valence-corrected chi connectivity index (χ4v) is 3.71. The van der Waals surface area contributed by atoms with Crippen molar-refractivity contribution in [1.82, 2.24) is 5.32 Å². The zero-order valence-corrected chi connectivity index (χ0v) is 14.3. The van der Waals surface area contributed by atoms with E-state index in [0.717, 1.165) is 24.6 Å². The molecule has 2 atom stereocenters. The largest absolute Gasteiger partial charge is 0.377 e. The van der Waals surface area contributed by atoms with Gasteiger partial charge in [0, 0.05) is 33.9 Å². The highest BCUT2D eigenvalue weighted by Crippen LogP contribution is 2.35. The van der Waals surface area contributed by atoms with Gasteiger partial charge < -0.3 is 10.1 Å². The predicted molar refractivity (Wildman–Crippen MR) is 87.7 cm³/mol. The molecule has 0 bridgehead atoms. The molecule has 2 nitrogen and oxygen atoms in total. The summed E-state index contributed by atoms with van der Waals surface area (Å²) in [6.07, 6.45) is 1.44. The summed E-state index contributed by atoms with van der Waals surface area (Å²) in [5.41, 5.74) is 1.43. The smallest absolute Gasteiger partial charge is 0.0669 e. The van der Waals surface area contributed by atoms with E-state index in [1.165, 1.54) is 10.5 Å². The van der Waals surface area contributed by atoms with Gasteiger partial charge >= 0.3 is 0 Å². The Balaban J connectivity index is 2.11. The molecule has 0 radical (unpaired) electrons. The van der Waals surface area contributed by atoms with E-state index in [1.54, 1.807) is 0 Å². The van der Waals surface area contributed by atoms with Gasteiger partial charge in [-0.25, -0.2) is 0 Å². The Bertz CT molecular complexity index is 458. The number of thioether (sulfide) groups is 1. The van der Waals surface area contributed by atoms with Crippen molar-refractivity contribution in [3.63, 3.8) is 0 Å². The highest BCUT2D eigenvalue weighted by molar-refractivity contribution is 8.00. The van der Waals surface area contributed by atoms with Crippen LogP contribution in [0.1, 0.15) is 39.7 Å². The minimum absolute atomic E-state index is 0.116. The summed E-state index contributed by atoms with van der Waals surface area (Å²) in [6, 6.07) is 6.18. The van der Waals surface area contributed by atoms with Gasteiger partial charge in [-0.3, -0.25) is 0 Å². The monoisotopic (exact) mass is 313 g/mol. The average Bonchev–Trinajstić information content (AvgIpc) is 2.73. The van der Waals surface area contributed by atoms with E-state index in [1.807, 2.05) is 17.8 Å². The highest BCUT2D eigenvalue weighted by atomic mass is 35.5. The number of hydrogen-bond donors (Lipinski definition) is 1. The van der Waals surface area contributed by atoms with Gasteiger partial charge in [0.1, 0.15) is 0 Å². The molecular formula is C16H24ClNOS. The molecule has 0 spiro atoms. The van der Waals surface area contributed by atoms with Crippen LogP contribution < -0.4 is 5.32 Å². The minimum Gasteiger partial charge on any atom is -0.377 e. The molecule has 0 amide bonds. The average molecular weight is 314 g/mol. The molecule has 20 heavy (non-hydrogen) atoms. The molecule has 0 saturated carbocycles. The lowest BCUT2D eigenvalue weighted by Gasteiger charge is -2.22.